The van der Waals surface area contributed by atoms with Crippen molar-refractivity contribution in [2.75, 3.05) is 12.4 Å². The minimum Gasteiger partial charge on any atom is -0.497 e. The number of hydrogen-bond donors (Lipinski definition) is 2. The molecule has 0 unspecified atom stereocenters. The molecule has 0 bridgehead atoms. The van der Waals surface area contributed by atoms with Crippen LogP contribution in [-0.2, 0) is 6.54 Å². The van der Waals surface area contributed by atoms with Gasteiger partial charge in [0.05, 0.1) is 7.11 Å². The third-order valence-corrected chi connectivity index (χ3v) is 3.15. The topological polar surface area (TPSA) is 80.5 Å². The highest BCUT2D eigenvalue weighted by Crippen LogP contribution is 2.11. The zero-order valence-corrected chi connectivity index (χ0v) is 12.0. The number of carbonyl (C=O) groups excluding carboxylic acids is 1. The van der Waals surface area contributed by atoms with E-state index in [2.05, 4.69) is 20.8 Å². The van der Waals surface area contributed by atoms with E-state index in [0.717, 1.165) is 11.3 Å². The van der Waals surface area contributed by atoms with Crippen molar-refractivity contribution in [1.29, 1.82) is 0 Å². The van der Waals surface area contributed by atoms with Crippen LogP contribution >= 0.6 is 0 Å². The van der Waals surface area contributed by atoms with Crippen LogP contribution in [0.1, 0.15) is 5.56 Å². The third-order valence-electron chi connectivity index (χ3n) is 3.15. The second-order valence-corrected chi connectivity index (χ2v) is 4.61. The molecule has 0 atom stereocenters. The summed E-state index contributed by atoms with van der Waals surface area (Å²) >= 11 is 0. The average Bonchev–Trinajstić information content (AvgIpc) is 2.97. The van der Waals surface area contributed by atoms with Gasteiger partial charge in [0.25, 0.3) is 0 Å². The fourth-order valence-corrected chi connectivity index (χ4v) is 2.00. The summed E-state index contributed by atoms with van der Waals surface area (Å²) in [5.74, 6) is 1.16. The van der Waals surface area contributed by atoms with E-state index in [-0.39, 0.29) is 6.03 Å². The van der Waals surface area contributed by atoms with E-state index in [4.69, 9.17) is 4.74 Å². The lowest BCUT2D eigenvalue weighted by Gasteiger charge is -2.07. The Balaban J connectivity index is 1.60. The van der Waals surface area contributed by atoms with Crippen LogP contribution in [0.15, 0.2) is 48.7 Å². The number of pyridine rings is 1. The van der Waals surface area contributed by atoms with Crippen molar-refractivity contribution in [1.82, 2.24) is 19.9 Å². The lowest BCUT2D eigenvalue weighted by Crippen LogP contribution is -2.29. The number of ether oxygens (including phenoxy) is 1. The highest BCUT2D eigenvalue weighted by molar-refractivity contribution is 5.87. The Bertz CT molecular complexity index is 782. The Labute approximate surface area is 126 Å². The van der Waals surface area contributed by atoms with Crippen LogP contribution in [-0.4, -0.2) is 27.7 Å². The van der Waals surface area contributed by atoms with E-state index in [1.807, 2.05) is 42.5 Å². The SMILES string of the molecule is COc1ccc(CNC(=O)Nc2nnc3ccccn23)cc1. The molecule has 1 aromatic carbocycles. The number of nitrogens with zero attached hydrogens (tertiary/aromatic N) is 3. The van der Waals surface area contributed by atoms with Gasteiger partial charge in [-0.2, -0.15) is 0 Å². The van der Waals surface area contributed by atoms with Gasteiger partial charge in [-0.15, -0.1) is 10.2 Å². The minimum absolute atomic E-state index is 0.339. The molecule has 2 amide bonds. The van der Waals surface area contributed by atoms with E-state index in [1.165, 1.54) is 0 Å². The largest absolute Gasteiger partial charge is 0.497 e. The van der Waals surface area contributed by atoms with Crippen LogP contribution in [0.2, 0.25) is 0 Å². The summed E-state index contributed by atoms with van der Waals surface area (Å²) in [6.07, 6.45) is 1.79. The number of aromatic nitrogens is 3. The van der Waals surface area contributed by atoms with Crippen molar-refractivity contribution in [2.24, 2.45) is 0 Å². The van der Waals surface area contributed by atoms with Gasteiger partial charge in [0.15, 0.2) is 5.65 Å². The van der Waals surface area contributed by atoms with Crippen molar-refractivity contribution in [3.8, 4) is 5.75 Å². The van der Waals surface area contributed by atoms with Gasteiger partial charge in [-0.3, -0.25) is 9.72 Å². The van der Waals surface area contributed by atoms with Gasteiger partial charge in [-0.1, -0.05) is 18.2 Å². The second kappa shape index (κ2) is 6.13. The molecule has 0 saturated heterocycles. The number of methoxy groups -OCH3 is 1. The number of hydrogen-bond acceptors (Lipinski definition) is 4. The summed E-state index contributed by atoms with van der Waals surface area (Å²) in [4.78, 5) is 11.9. The number of fused-ring (bicyclic) bond motifs is 1. The Morgan fingerprint density at radius 1 is 1.18 bits per heavy atom. The first-order valence-corrected chi connectivity index (χ1v) is 6.74. The van der Waals surface area contributed by atoms with Crippen LogP contribution in [0.4, 0.5) is 10.7 Å². The number of urea groups is 1. The lowest BCUT2D eigenvalue weighted by atomic mass is 10.2. The molecule has 0 spiro atoms. The van der Waals surface area contributed by atoms with Crippen LogP contribution in [0.3, 0.4) is 0 Å². The first-order chi connectivity index (χ1) is 10.8. The van der Waals surface area contributed by atoms with Gasteiger partial charge < -0.3 is 10.1 Å². The number of amides is 2. The molecule has 7 nitrogen and oxygen atoms in total. The monoisotopic (exact) mass is 297 g/mol. The average molecular weight is 297 g/mol. The van der Waals surface area contributed by atoms with E-state index in [9.17, 15) is 4.79 Å². The third kappa shape index (κ3) is 2.98. The quantitative estimate of drug-likeness (QED) is 0.772. The minimum atomic E-state index is -0.339. The number of nitrogens with one attached hydrogen (secondary N) is 2. The highest BCUT2D eigenvalue weighted by atomic mass is 16.5. The van der Waals surface area contributed by atoms with Gasteiger partial charge in [-0.05, 0) is 29.8 Å². The maximum atomic E-state index is 11.9. The normalized spacial score (nSPS) is 10.4. The van der Waals surface area contributed by atoms with Crippen molar-refractivity contribution in [2.45, 2.75) is 6.54 Å². The molecule has 0 radical (unpaired) electrons. The fraction of sp³-hybridized carbons (Fsp3) is 0.133. The summed E-state index contributed by atoms with van der Waals surface area (Å²) in [6.45, 7) is 0.409. The molecule has 2 heterocycles. The van der Waals surface area contributed by atoms with Gasteiger partial charge in [0.1, 0.15) is 5.75 Å². The van der Waals surface area contributed by atoms with Crippen LogP contribution in [0.5, 0.6) is 5.75 Å². The zero-order chi connectivity index (χ0) is 15.4. The zero-order valence-electron chi connectivity index (χ0n) is 12.0. The number of carbonyl (C=O) groups is 1. The smallest absolute Gasteiger partial charge is 0.321 e. The molecular formula is C15H15N5O2. The second-order valence-electron chi connectivity index (χ2n) is 4.61. The molecule has 0 aliphatic carbocycles. The van der Waals surface area contributed by atoms with E-state index in [1.54, 1.807) is 17.7 Å². The first-order valence-electron chi connectivity index (χ1n) is 6.74. The van der Waals surface area contributed by atoms with Crippen LogP contribution < -0.4 is 15.4 Å². The fourth-order valence-electron chi connectivity index (χ4n) is 2.00. The summed E-state index contributed by atoms with van der Waals surface area (Å²) in [7, 11) is 1.61. The maximum Gasteiger partial charge on any atom is 0.321 e. The van der Waals surface area contributed by atoms with Crippen molar-refractivity contribution in [3.05, 3.63) is 54.2 Å². The van der Waals surface area contributed by atoms with Crippen LogP contribution in [0, 0.1) is 0 Å². The summed E-state index contributed by atoms with van der Waals surface area (Å²) in [5, 5.41) is 13.3. The molecule has 0 aliphatic rings. The summed E-state index contributed by atoms with van der Waals surface area (Å²) in [6, 6.07) is 12.7. The molecule has 3 aromatic rings. The Kier molecular flexibility index (Phi) is 3.86. The molecule has 0 aliphatic heterocycles. The Morgan fingerprint density at radius 2 is 2.00 bits per heavy atom. The molecule has 22 heavy (non-hydrogen) atoms. The molecule has 112 valence electrons. The highest BCUT2D eigenvalue weighted by Gasteiger charge is 2.08. The van der Waals surface area contributed by atoms with E-state index >= 15 is 0 Å². The van der Waals surface area contributed by atoms with Crippen molar-refractivity contribution in [3.63, 3.8) is 0 Å². The summed E-state index contributed by atoms with van der Waals surface area (Å²) < 4.78 is 6.79. The number of anilines is 1. The molecular weight excluding hydrogens is 282 g/mol. The van der Waals surface area contributed by atoms with Crippen molar-refractivity contribution >= 4 is 17.6 Å². The van der Waals surface area contributed by atoms with Gasteiger partial charge in [0.2, 0.25) is 5.95 Å². The van der Waals surface area contributed by atoms with Crippen LogP contribution in [0.25, 0.3) is 5.65 Å². The van der Waals surface area contributed by atoms with E-state index in [0.29, 0.717) is 18.1 Å². The molecule has 2 aromatic heterocycles. The number of rotatable bonds is 4. The molecule has 7 heteroatoms. The van der Waals surface area contributed by atoms with Gasteiger partial charge in [-0.25, -0.2) is 4.79 Å². The summed E-state index contributed by atoms with van der Waals surface area (Å²) in [5.41, 5.74) is 1.65. The predicted octanol–water partition coefficient (Wildman–Crippen LogP) is 2.06. The number of benzene rings is 1. The van der Waals surface area contributed by atoms with Crippen molar-refractivity contribution < 1.29 is 9.53 Å². The molecule has 0 fully saturated rings. The lowest BCUT2D eigenvalue weighted by molar-refractivity contribution is 0.251. The van der Waals surface area contributed by atoms with Gasteiger partial charge in [0, 0.05) is 12.7 Å². The predicted molar refractivity (Wildman–Crippen MR) is 81.8 cm³/mol. The first kappa shape index (κ1) is 13.9. The molecule has 2 N–H and O–H groups in total. The van der Waals surface area contributed by atoms with E-state index < -0.39 is 0 Å². The Morgan fingerprint density at radius 3 is 2.77 bits per heavy atom. The molecule has 0 saturated carbocycles. The standard InChI is InChI=1S/C15H15N5O2/c1-22-12-7-5-11(6-8-12)10-16-15(21)17-14-19-18-13-4-2-3-9-20(13)14/h2-9H,10H2,1H3,(H2,16,17,19,21). The Hall–Kier alpha value is -3.09. The molecule has 3 rings (SSSR count). The maximum absolute atomic E-state index is 11.9. The van der Waals surface area contributed by atoms with Gasteiger partial charge >= 0.3 is 6.03 Å².